The number of rotatable bonds is 3. The molecule has 7 rings (SSSR count). The highest BCUT2D eigenvalue weighted by atomic mass is 79.9. The van der Waals surface area contributed by atoms with Crippen molar-refractivity contribution in [3.8, 4) is 5.75 Å². The van der Waals surface area contributed by atoms with Crippen LogP contribution < -0.4 is 9.80 Å². The lowest BCUT2D eigenvalue weighted by atomic mass is 9.56. The molecule has 4 amide bonds. The summed E-state index contributed by atoms with van der Waals surface area (Å²) >= 11 is 24.1. The van der Waals surface area contributed by atoms with Gasteiger partial charge in [-0.15, -0.1) is 23.2 Å². The third kappa shape index (κ3) is 3.92. The number of phenols is 1. The Hall–Kier alpha value is -3.24. The molecule has 6 atom stereocenters. The Labute approximate surface area is 274 Å². The van der Waals surface area contributed by atoms with Crippen LogP contribution in [0.25, 0.3) is 0 Å². The van der Waals surface area contributed by atoms with Crippen LogP contribution in [-0.4, -0.2) is 38.5 Å². The topological polar surface area (TPSA) is 95.0 Å². The van der Waals surface area contributed by atoms with E-state index in [2.05, 4.69) is 15.9 Å². The molecule has 3 aromatic carbocycles. The molecule has 1 N–H and O–H groups in total. The lowest BCUT2D eigenvalue weighted by molar-refractivity contribution is -0.125. The number of phenolic OH excluding ortho intramolecular Hbond substituents is 1. The smallest absolute Gasteiger partial charge is 0.258 e. The van der Waals surface area contributed by atoms with Crippen molar-refractivity contribution in [3.05, 3.63) is 99.3 Å². The number of anilines is 2. The van der Waals surface area contributed by atoms with Gasteiger partial charge in [0.25, 0.3) is 11.8 Å². The molecule has 3 aromatic rings. The maximum Gasteiger partial charge on any atom is 0.258 e. The number of aromatic hydroxyl groups is 1. The highest BCUT2D eigenvalue weighted by molar-refractivity contribution is 9.10. The standard InChI is InChI=1S/C32H21BrCl3FN2O5/c33-15-1-12-24(40)22(13-15)26-20-10-11-21-25(28(42)38(27(21)41)18-6-2-16(34)3-7-18)23(20)14-31(35)29(43)39(30(44)32(26,31)36)19-8-4-17(37)5-9-19/h1-10,12-13,21,23,25-26,40H,11,14H2. The van der Waals surface area contributed by atoms with Gasteiger partial charge in [-0.1, -0.05) is 39.2 Å². The van der Waals surface area contributed by atoms with Gasteiger partial charge in [-0.25, -0.2) is 9.29 Å². The zero-order valence-electron chi connectivity index (χ0n) is 22.5. The lowest BCUT2D eigenvalue weighted by Gasteiger charge is -2.50. The summed E-state index contributed by atoms with van der Waals surface area (Å²) in [6.07, 6.45) is 1.72. The number of hydrogen-bond acceptors (Lipinski definition) is 5. The molecule has 12 heteroatoms. The number of imide groups is 2. The normalized spacial score (nSPS) is 31.2. The minimum Gasteiger partial charge on any atom is -0.508 e. The Kier molecular flexibility index (Phi) is 6.79. The van der Waals surface area contributed by atoms with Crippen molar-refractivity contribution in [2.24, 2.45) is 17.8 Å². The third-order valence-corrected chi connectivity index (χ3v) is 11.4. The second-order valence-corrected chi connectivity index (χ2v) is 14.0. The first-order valence-corrected chi connectivity index (χ1v) is 15.7. The van der Waals surface area contributed by atoms with Crippen molar-refractivity contribution < 1.29 is 28.7 Å². The van der Waals surface area contributed by atoms with Crippen LogP contribution in [-0.2, 0) is 19.2 Å². The Balaban J connectivity index is 1.41. The SMILES string of the molecule is O=C1C2CC=C3C(CC4(Cl)C(=O)N(c5ccc(F)cc5)C(=O)C4(Cl)C3c3cc(Br)ccc3O)C2C(=O)N1c1ccc(Cl)cc1. The van der Waals surface area contributed by atoms with E-state index in [0.29, 0.717) is 20.8 Å². The molecule has 44 heavy (non-hydrogen) atoms. The average molecular weight is 719 g/mol. The number of halogens is 5. The Morgan fingerprint density at radius 2 is 1.48 bits per heavy atom. The van der Waals surface area contributed by atoms with E-state index < -0.39 is 62.9 Å². The van der Waals surface area contributed by atoms with Crippen LogP contribution in [0.5, 0.6) is 5.75 Å². The number of carbonyl (C=O) groups is 4. The summed E-state index contributed by atoms with van der Waals surface area (Å²) in [4.78, 5) is 54.1. The summed E-state index contributed by atoms with van der Waals surface area (Å²) in [7, 11) is 0. The molecule has 0 spiro atoms. The number of benzene rings is 3. The third-order valence-electron chi connectivity index (χ3n) is 9.28. The lowest BCUT2D eigenvalue weighted by Crippen LogP contribution is -2.60. The van der Waals surface area contributed by atoms with E-state index in [4.69, 9.17) is 34.8 Å². The fourth-order valence-electron chi connectivity index (χ4n) is 7.35. The number of nitrogens with zero attached hydrogens (tertiary/aromatic N) is 2. The maximum absolute atomic E-state index is 14.4. The molecular weight excluding hydrogens is 698 g/mol. The van der Waals surface area contributed by atoms with Gasteiger partial charge in [0.15, 0.2) is 9.75 Å². The fraction of sp³-hybridized carbons (Fsp3) is 0.250. The predicted octanol–water partition coefficient (Wildman–Crippen LogP) is 6.72. The van der Waals surface area contributed by atoms with Crippen LogP contribution in [0.15, 0.2) is 82.9 Å². The second-order valence-electron chi connectivity index (χ2n) is 11.4. The van der Waals surface area contributed by atoms with Gasteiger partial charge >= 0.3 is 0 Å². The number of fused-ring (bicyclic) bond motifs is 4. The molecule has 2 heterocycles. The second kappa shape index (κ2) is 10.1. The molecule has 2 aliphatic heterocycles. The summed E-state index contributed by atoms with van der Waals surface area (Å²) in [5.74, 6) is -6.89. The summed E-state index contributed by atoms with van der Waals surface area (Å²) in [6, 6.07) is 15.7. The van der Waals surface area contributed by atoms with Gasteiger partial charge in [0.1, 0.15) is 11.6 Å². The number of allylic oxidation sites excluding steroid dienone is 2. The first kappa shape index (κ1) is 29.5. The molecule has 224 valence electrons. The molecule has 0 bridgehead atoms. The van der Waals surface area contributed by atoms with Crippen LogP contribution in [0.2, 0.25) is 5.02 Å². The van der Waals surface area contributed by atoms with E-state index in [1.165, 1.54) is 18.2 Å². The summed E-state index contributed by atoms with van der Waals surface area (Å²) in [5.41, 5.74) is 1.19. The summed E-state index contributed by atoms with van der Waals surface area (Å²) in [6.45, 7) is 0. The van der Waals surface area contributed by atoms with E-state index in [-0.39, 0.29) is 29.8 Å². The van der Waals surface area contributed by atoms with Crippen molar-refractivity contribution in [1.29, 1.82) is 0 Å². The van der Waals surface area contributed by atoms with Crippen molar-refractivity contribution >= 4 is 85.7 Å². The number of alkyl halides is 2. The van der Waals surface area contributed by atoms with E-state index in [1.54, 1.807) is 42.5 Å². The molecule has 7 nitrogen and oxygen atoms in total. The molecule has 3 fully saturated rings. The Morgan fingerprint density at radius 1 is 0.841 bits per heavy atom. The fourth-order valence-corrected chi connectivity index (χ4v) is 8.78. The monoisotopic (exact) mass is 716 g/mol. The highest BCUT2D eigenvalue weighted by Crippen LogP contribution is 2.66. The number of hydrogen-bond donors (Lipinski definition) is 1. The Bertz CT molecular complexity index is 1820. The van der Waals surface area contributed by atoms with Crippen LogP contribution >= 0.6 is 50.7 Å². The number of carbonyl (C=O) groups excluding carboxylic acids is 4. The summed E-state index contributed by atoms with van der Waals surface area (Å²) < 4.78 is 14.4. The van der Waals surface area contributed by atoms with Crippen LogP contribution in [0.1, 0.15) is 24.3 Å². The molecular formula is C32H21BrCl3FN2O5. The largest absolute Gasteiger partial charge is 0.508 e. The molecule has 0 radical (unpaired) electrons. The summed E-state index contributed by atoms with van der Waals surface area (Å²) in [5, 5.41) is 11.6. The number of amides is 4. The van der Waals surface area contributed by atoms with Crippen LogP contribution in [0, 0.1) is 23.6 Å². The first-order valence-electron chi connectivity index (χ1n) is 13.7. The van der Waals surface area contributed by atoms with Gasteiger partial charge in [-0.3, -0.25) is 24.1 Å². The van der Waals surface area contributed by atoms with Crippen LogP contribution in [0.4, 0.5) is 15.8 Å². The first-order chi connectivity index (χ1) is 20.9. The van der Waals surface area contributed by atoms with E-state index in [0.717, 1.165) is 21.9 Å². The molecule has 0 aromatic heterocycles. The minimum absolute atomic E-state index is 0.0731. The van der Waals surface area contributed by atoms with Gasteiger partial charge < -0.3 is 5.11 Å². The Morgan fingerprint density at radius 3 is 2.16 bits per heavy atom. The van der Waals surface area contributed by atoms with E-state index in [9.17, 15) is 28.7 Å². The van der Waals surface area contributed by atoms with E-state index in [1.807, 2.05) is 0 Å². The van der Waals surface area contributed by atoms with Crippen LogP contribution in [0.3, 0.4) is 0 Å². The minimum atomic E-state index is -2.14. The zero-order chi connectivity index (χ0) is 31.3. The van der Waals surface area contributed by atoms with Gasteiger partial charge in [-0.2, -0.15) is 0 Å². The zero-order valence-corrected chi connectivity index (χ0v) is 26.4. The van der Waals surface area contributed by atoms with Gasteiger partial charge in [-0.05, 0) is 85.5 Å². The average Bonchev–Trinajstić information content (AvgIpc) is 3.33. The molecule has 6 unspecified atom stereocenters. The molecule has 2 saturated heterocycles. The van der Waals surface area contributed by atoms with Crippen molar-refractivity contribution in [1.82, 2.24) is 0 Å². The predicted molar refractivity (Wildman–Crippen MR) is 166 cm³/mol. The molecule has 4 aliphatic rings. The van der Waals surface area contributed by atoms with Gasteiger partial charge in [0.2, 0.25) is 11.8 Å². The maximum atomic E-state index is 14.4. The molecule has 2 aliphatic carbocycles. The van der Waals surface area contributed by atoms with E-state index >= 15 is 0 Å². The highest BCUT2D eigenvalue weighted by Gasteiger charge is 2.77. The molecule has 1 saturated carbocycles. The van der Waals surface area contributed by atoms with Gasteiger partial charge in [0, 0.05) is 21.0 Å². The van der Waals surface area contributed by atoms with Crippen molar-refractivity contribution in [2.45, 2.75) is 28.5 Å². The van der Waals surface area contributed by atoms with Crippen molar-refractivity contribution in [2.75, 3.05) is 9.80 Å². The van der Waals surface area contributed by atoms with Gasteiger partial charge in [0.05, 0.1) is 23.2 Å². The van der Waals surface area contributed by atoms with Crippen molar-refractivity contribution in [3.63, 3.8) is 0 Å². The quantitative estimate of drug-likeness (QED) is 0.185.